The number of hydrogen-bond acceptors (Lipinski definition) is 6. The van der Waals surface area contributed by atoms with Crippen LogP contribution in [0.2, 0.25) is 5.02 Å². The molecule has 21 heavy (non-hydrogen) atoms. The van der Waals surface area contributed by atoms with Crippen molar-refractivity contribution in [1.82, 2.24) is 24.5 Å². The molecular weight excluding hydrogens is 290 g/mol. The number of hydrogen-bond donors (Lipinski definition) is 2. The lowest BCUT2D eigenvalue weighted by molar-refractivity contribution is 0.906. The summed E-state index contributed by atoms with van der Waals surface area (Å²) >= 11 is 6.00. The zero-order valence-corrected chi connectivity index (χ0v) is 11.9. The Kier molecular flexibility index (Phi) is 3.41. The molecule has 0 aliphatic rings. The zero-order chi connectivity index (χ0) is 14.8. The third-order valence-corrected chi connectivity index (χ3v) is 3.06. The molecular formula is C13H12ClN7. The van der Waals surface area contributed by atoms with E-state index in [0.29, 0.717) is 16.9 Å². The molecule has 0 radical (unpaired) electrons. The number of aryl methyl sites for hydroxylation is 1. The molecule has 0 unspecified atom stereocenters. The fourth-order valence-corrected chi connectivity index (χ4v) is 1.95. The summed E-state index contributed by atoms with van der Waals surface area (Å²) in [5.41, 5.74) is 7.55. The Balaban J connectivity index is 1.97. The largest absolute Gasteiger partial charge is 0.368 e. The Morgan fingerprint density at radius 3 is 2.86 bits per heavy atom. The van der Waals surface area contributed by atoms with Crippen LogP contribution in [-0.2, 0) is 0 Å². The molecule has 1 aromatic carbocycles. The standard InChI is InChI=1S/C13H12ClN7/c1-8-2-3-9(14)6-10(8)17-12-18-11(15)19-13(20-12)21-5-4-16-7-21/h2-7H,1H3,(H3,15,17,18,19,20). The highest BCUT2D eigenvalue weighted by molar-refractivity contribution is 6.30. The Morgan fingerprint density at radius 1 is 1.24 bits per heavy atom. The van der Waals surface area contributed by atoms with Crippen molar-refractivity contribution >= 4 is 29.2 Å². The first-order valence-corrected chi connectivity index (χ1v) is 6.53. The lowest BCUT2D eigenvalue weighted by Gasteiger charge is -2.10. The summed E-state index contributed by atoms with van der Waals surface area (Å²) < 4.78 is 1.65. The van der Waals surface area contributed by atoms with E-state index < -0.39 is 0 Å². The summed E-state index contributed by atoms with van der Waals surface area (Å²) in [5, 5.41) is 3.72. The van der Waals surface area contributed by atoms with E-state index in [-0.39, 0.29) is 5.95 Å². The molecule has 3 rings (SSSR count). The number of halogens is 1. The van der Waals surface area contributed by atoms with Crippen LogP contribution in [0.3, 0.4) is 0 Å². The number of benzene rings is 1. The Bertz CT molecular complexity index is 770. The van der Waals surface area contributed by atoms with Gasteiger partial charge >= 0.3 is 0 Å². The second-order valence-electron chi connectivity index (χ2n) is 4.37. The van der Waals surface area contributed by atoms with Gasteiger partial charge in [-0.2, -0.15) is 15.0 Å². The molecule has 8 heteroatoms. The quantitative estimate of drug-likeness (QED) is 0.771. The highest BCUT2D eigenvalue weighted by Gasteiger charge is 2.08. The molecule has 0 saturated carbocycles. The van der Waals surface area contributed by atoms with Crippen LogP contribution in [0.4, 0.5) is 17.6 Å². The van der Waals surface area contributed by atoms with E-state index >= 15 is 0 Å². The number of nitrogen functional groups attached to an aromatic ring is 1. The Morgan fingerprint density at radius 2 is 2.10 bits per heavy atom. The first-order chi connectivity index (χ1) is 10.1. The summed E-state index contributed by atoms with van der Waals surface area (Å²) in [5.74, 6) is 0.856. The molecule has 0 amide bonds. The van der Waals surface area contributed by atoms with Crippen molar-refractivity contribution in [2.24, 2.45) is 0 Å². The van der Waals surface area contributed by atoms with E-state index in [1.807, 2.05) is 19.1 Å². The minimum atomic E-state index is 0.121. The molecule has 3 N–H and O–H groups in total. The molecule has 0 saturated heterocycles. The fraction of sp³-hybridized carbons (Fsp3) is 0.0769. The fourth-order valence-electron chi connectivity index (χ4n) is 1.78. The minimum absolute atomic E-state index is 0.121. The Labute approximate surface area is 125 Å². The van der Waals surface area contributed by atoms with Gasteiger partial charge in [-0.1, -0.05) is 17.7 Å². The minimum Gasteiger partial charge on any atom is -0.368 e. The van der Waals surface area contributed by atoms with Gasteiger partial charge in [-0.15, -0.1) is 0 Å². The van der Waals surface area contributed by atoms with Crippen LogP contribution in [0, 0.1) is 6.92 Å². The summed E-state index contributed by atoms with van der Waals surface area (Å²) in [7, 11) is 0. The highest BCUT2D eigenvalue weighted by Crippen LogP contribution is 2.23. The molecule has 3 aromatic rings. The van der Waals surface area contributed by atoms with Crippen molar-refractivity contribution in [2.75, 3.05) is 11.1 Å². The predicted molar refractivity (Wildman–Crippen MR) is 80.8 cm³/mol. The van der Waals surface area contributed by atoms with E-state index in [2.05, 4.69) is 25.3 Å². The summed E-state index contributed by atoms with van der Waals surface area (Å²) in [4.78, 5) is 16.4. The number of imidazole rings is 1. The van der Waals surface area contributed by atoms with Gasteiger partial charge in [0.25, 0.3) is 0 Å². The van der Waals surface area contributed by atoms with Crippen LogP contribution < -0.4 is 11.1 Å². The van der Waals surface area contributed by atoms with Gasteiger partial charge in [0.15, 0.2) is 0 Å². The number of nitrogens with zero attached hydrogens (tertiary/aromatic N) is 5. The summed E-state index contributed by atoms with van der Waals surface area (Å²) in [6.07, 6.45) is 4.95. The van der Waals surface area contributed by atoms with Crippen LogP contribution in [-0.4, -0.2) is 24.5 Å². The van der Waals surface area contributed by atoms with E-state index in [1.54, 1.807) is 29.4 Å². The van der Waals surface area contributed by atoms with Gasteiger partial charge in [0.2, 0.25) is 17.8 Å². The monoisotopic (exact) mass is 301 g/mol. The number of nitrogens with two attached hydrogens (primary N) is 1. The van der Waals surface area contributed by atoms with Crippen LogP contribution in [0.15, 0.2) is 36.9 Å². The smallest absolute Gasteiger partial charge is 0.241 e. The second kappa shape index (κ2) is 5.37. The number of anilines is 3. The van der Waals surface area contributed by atoms with Gasteiger partial charge in [0.05, 0.1) is 0 Å². The first-order valence-electron chi connectivity index (χ1n) is 6.15. The first kappa shape index (κ1) is 13.3. The van der Waals surface area contributed by atoms with Crippen LogP contribution in [0.5, 0.6) is 0 Å². The third-order valence-electron chi connectivity index (χ3n) is 2.82. The summed E-state index contributed by atoms with van der Waals surface area (Å²) in [6, 6.07) is 5.53. The molecule has 2 aromatic heterocycles. The average Bonchev–Trinajstić information content (AvgIpc) is 2.96. The van der Waals surface area contributed by atoms with Gasteiger partial charge in [-0.05, 0) is 24.6 Å². The van der Waals surface area contributed by atoms with Crippen LogP contribution >= 0.6 is 11.6 Å². The number of rotatable bonds is 3. The van der Waals surface area contributed by atoms with Crippen molar-refractivity contribution in [3.63, 3.8) is 0 Å². The number of nitrogens with one attached hydrogen (secondary N) is 1. The van der Waals surface area contributed by atoms with Crippen molar-refractivity contribution < 1.29 is 0 Å². The second-order valence-corrected chi connectivity index (χ2v) is 4.81. The average molecular weight is 302 g/mol. The maximum atomic E-state index is 6.00. The normalized spacial score (nSPS) is 10.6. The summed E-state index contributed by atoms with van der Waals surface area (Å²) in [6.45, 7) is 1.96. The SMILES string of the molecule is Cc1ccc(Cl)cc1Nc1nc(N)nc(-n2ccnc2)n1. The topological polar surface area (TPSA) is 94.5 Å². The molecule has 0 bridgehead atoms. The zero-order valence-electron chi connectivity index (χ0n) is 11.2. The Hall–Kier alpha value is -2.67. The molecule has 0 spiro atoms. The molecule has 2 heterocycles. The van der Waals surface area contributed by atoms with Crippen LogP contribution in [0.25, 0.3) is 5.95 Å². The van der Waals surface area contributed by atoms with Crippen molar-refractivity contribution in [3.8, 4) is 5.95 Å². The van der Waals surface area contributed by atoms with E-state index in [1.165, 1.54) is 0 Å². The molecule has 0 atom stereocenters. The molecule has 0 aliphatic carbocycles. The molecule has 106 valence electrons. The highest BCUT2D eigenvalue weighted by atomic mass is 35.5. The van der Waals surface area contributed by atoms with Gasteiger partial charge in [0, 0.05) is 23.1 Å². The maximum absolute atomic E-state index is 6.00. The van der Waals surface area contributed by atoms with Gasteiger partial charge < -0.3 is 11.1 Å². The van der Waals surface area contributed by atoms with E-state index in [9.17, 15) is 0 Å². The van der Waals surface area contributed by atoms with Crippen LogP contribution in [0.1, 0.15) is 5.56 Å². The maximum Gasteiger partial charge on any atom is 0.241 e. The van der Waals surface area contributed by atoms with Crippen molar-refractivity contribution in [1.29, 1.82) is 0 Å². The van der Waals surface area contributed by atoms with Crippen molar-refractivity contribution in [3.05, 3.63) is 47.5 Å². The predicted octanol–water partition coefficient (Wildman–Crippen LogP) is 2.34. The lowest BCUT2D eigenvalue weighted by atomic mass is 10.2. The van der Waals surface area contributed by atoms with E-state index in [4.69, 9.17) is 17.3 Å². The molecule has 0 fully saturated rings. The van der Waals surface area contributed by atoms with Gasteiger partial charge in [0.1, 0.15) is 6.33 Å². The number of aromatic nitrogens is 5. The molecule has 7 nitrogen and oxygen atoms in total. The molecule has 0 aliphatic heterocycles. The lowest BCUT2D eigenvalue weighted by Crippen LogP contribution is -2.08. The van der Waals surface area contributed by atoms with E-state index in [0.717, 1.165) is 11.3 Å². The third kappa shape index (κ3) is 2.92. The van der Waals surface area contributed by atoms with Crippen molar-refractivity contribution in [2.45, 2.75) is 6.92 Å². The van der Waals surface area contributed by atoms with Gasteiger partial charge in [-0.25, -0.2) is 4.98 Å². The van der Waals surface area contributed by atoms with Gasteiger partial charge in [-0.3, -0.25) is 4.57 Å².